The van der Waals surface area contributed by atoms with Crippen LogP contribution in [0.1, 0.15) is 5.56 Å². The molecule has 0 unspecified atom stereocenters. The van der Waals surface area contributed by atoms with Gasteiger partial charge in [0, 0.05) is 10.7 Å². The number of benzene rings is 1. The molecule has 10 heavy (non-hydrogen) atoms. The lowest BCUT2D eigenvalue weighted by molar-refractivity contribution is 0.282. The van der Waals surface area contributed by atoms with Crippen molar-refractivity contribution in [3.63, 3.8) is 0 Å². The van der Waals surface area contributed by atoms with Crippen molar-refractivity contribution in [1.82, 2.24) is 0 Å². The van der Waals surface area contributed by atoms with Gasteiger partial charge in [-0.25, -0.2) is 0 Å². The molecule has 0 aliphatic carbocycles. The number of hydrogen-bond donors (Lipinski definition) is 2. The first-order valence-electron chi connectivity index (χ1n) is 2.88. The van der Waals surface area contributed by atoms with E-state index >= 15 is 0 Å². The fraction of sp³-hybridized carbons (Fsp3) is 0.143. The Bertz CT molecular complexity index is 217. The largest absolute Gasteiger partial charge is 0.399 e. The van der Waals surface area contributed by atoms with Crippen LogP contribution in [0.4, 0.5) is 5.69 Å². The fourth-order valence-electron chi connectivity index (χ4n) is 0.767. The zero-order valence-electron chi connectivity index (χ0n) is 5.34. The van der Waals surface area contributed by atoms with Gasteiger partial charge in [-0.05, 0) is 23.8 Å². The second kappa shape index (κ2) is 2.90. The van der Waals surface area contributed by atoms with E-state index in [1.165, 1.54) is 0 Å². The Hall–Kier alpha value is -0.730. The number of aliphatic hydroxyl groups excluding tert-OH is 1. The van der Waals surface area contributed by atoms with Crippen LogP contribution in [0.5, 0.6) is 0 Å². The summed E-state index contributed by atoms with van der Waals surface area (Å²) in [5.74, 6) is 0. The molecule has 0 amide bonds. The van der Waals surface area contributed by atoms with Crippen LogP contribution >= 0.6 is 11.6 Å². The van der Waals surface area contributed by atoms with E-state index in [-0.39, 0.29) is 6.61 Å². The van der Waals surface area contributed by atoms with Gasteiger partial charge in [-0.3, -0.25) is 0 Å². The van der Waals surface area contributed by atoms with Crippen molar-refractivity contribution in [3.8, 4) is 0 Å². The summed E-state index contributed by atoms with van der Waals surface area (Å²) < 4.78 is 0. The Balaban J connectivity index is 3.06. The summed E-state index contributed by atoms with van der Waals surface area (Å²) in [7, 11) is 0. The summed E-state index contributed by atoms with van der Waals surface area (Å²) in [4.78, 5) is 0. The lowest BCUT2D eigenvalue weighted by atomic mass is 10.2. The van der Waals surface area contributed by atoms with Crippen LogP contribution in [0.25, 0.3) is 0 Å². The highest BCUT2D eigenvalue weighted by molar-refractivity contribution is 6.30. The molecule has 0 aromatic heterocycles. The quantitative estimate of drug-likeness (QED) is 0.606. The Morgan fingerprint density at radius 1 is 1.40 bits per heavy atom. The molecule has 54 valence electrons. The maximum absolute atomic E-state index is 8.67. The maximum atomic E-state index is 8.67. The average molecular weight is 158 g/mol. The normalized spacial score (nSPS) is 9.80. The van der Waals surface area contributed by atoms with E-state index in [4.69, 9.17) is 22.4 Å². The molecule has 0 aliphatic rings. The SMILES string of the molecule is Nc1cc(Cl)cc(CO)c1. The number of anilines is 1. The lowest BCUT2D eigenvalue weighted by Gasteiger charge is -1.98. The minimum Gasteiger partial charge on any atom is -0.399 e. The van der Waals surface area contributed by atoms with Crippen molar-refractivity contribution >= 4 is 17.3 Å². The van der Waals surface area contributed by atoms with Gasteiger partial charge in [0.25, 0.3) is 0 Å². The first kappa shape index (κ1) is 7.38. The molecular weight excluding hydrogens is 150 g/mol. The first-order chi connectivity index (χ1) is 4.72. The van der Waals surface area contributed by atoms with E-state index in [1.807, 2.05) is 0 Å². The molecule has 3 N–H and O–H groups in total. The highest BCUT2D eigenvalue weighted by Crippen LogP contribution is 2.15. The Labute approximate surface area is 64.2 Å². The second-order valence-corrected chi connectivity index (χ2v) is 2.49. The van der Waals surface area contributed by atoms with Crippen LogP contribution in [-0.2, 0) is 6.61 Å². The molecule has 1 aromatic rings. The van der Waals surface area contributed by atoms with Crippen molar-refractivity contribution < 1.29 is 5.11 Å². The molecule has 0 fully saturated rings. The first-order valence-corrected chi connectivity index (χ1v) is 3.26. The fourth-order valence-corrected chi connectivity index (χ4v) is 1.03. The number of nitrogen functional groups attached to an aromatic ring is 1. The van der Waals surface area contributed by atoms with Crippen LogP contribution in [0.2, 0.25) is 5.02 Å². The van der Waals surface area contributed by atoms with Crippen LogP contribution in [0, 0.1) is 0 Å². The summed E-state index contributed by atoms with van der Waals surface area (Å²) in [5, 5.41) is 9.23. The van der Waals surface area contributed by atoms with E-state index in [0.717, 1.165) is 5.56 Å². The molecule has 2 nitrogen and oxygen atoms in total. The van der Waals surface area contributed by atoms with E-state index in [0.29, 0.717) is 10.7 Å². The smallest absolute Gasteiger partial charge is 0.0683 e. The third-order valence-electron chi connectivity index (χ3n) is 1.16. The van der Waals surface area contributed by atoms with Crippen LogP contribution < -0.4 is 5.73 Å². The Morgan fingerprint density at radius 3 is 2.60 bits per heavy atom. The van der Waals surface area contributed by atoms with Crippen molar-refractivity contribution in [2.75, 3.05) is 5.73 Å². The lowest BCUT2D eigenvalue weighted by Crippen LogP contribution is -1.88. The second-order valence-electron chi connectivity index (χ2n) is 2.05. The van der Waals surface area contributed by atoms with Crippen molar-refractivity contribution in [1.29, 1.82) is 0 Å². The van der Waals surface area contributed by atoms with Gasteiger partial charge in [-0.2, -0.15) is 0 Å². The van der Waals surface area contributed by atoms with Crippen molar-refractivity contribution in [3.05, 3.63) is 28.8 Å². The summed E-state index contributed by atoms with van der Waals surface area (Å²) in [6.07, 6.45) is 0. The van der Waals surface area contributed by atoms with E-state index in [9.17, 15) is 0 Å². The van der Waals surface area contributed by atoms with E-state index in [2.05, 4.69) is 0 Å². The number of aliphatic hydroxyl groups is 1. The third-order valence-corrected chi connectivity index (χ3v) is 1.38. The number of rotatable bonds is 1. The molecule has 3 heteroatoms. The number of nitrogens with two attached hydrogens (primary N) is 1. The van der Waals surface area contributed by atoms with Crippen molar-refractivity contribution in [2.45, 2.75) is 6.61 Å². The minimum absolute atomic E-state index is 0.0231. The standard InChI is InChI=1S/C7H8ClNO/c8-6-1-5(4-10)2-7(9)3-6/h1-3,10H,4,9H2. The molecule has 0 saturated carbocycles. The van der Waals surface area contributed by atoms with Gasteiger partial charge < -0.3 is 10.8 Å². The molecular formula is C7H8ClNO. The van der Waals surface area contributed by atoms with Gasteiger partial charge in [0.15, 0.2) is 0 Å². The van der Waals surface area contributed by atoms with Gasteiger partial charge in [0.1, 0.15) is 0 Å². The monoisotopic (exact) mass is 157 g/mol. The molecule has 1 rings (SSSR count). The Morgan fingerprint density at radius 2 is 2.10 bits per heavy atom. The highest BCUT2D eigenvalue weighted by atomic mass is 35.5. The molecule has 0 aliphatic heterocycles. The van der Waals surface area contributed by atoms with Gasteiger partial charge >= 0.3 is 0 Å². The summed E-state index contributed by atoms with van der Waals surface area (Å²) in [6.45, 7) is -0.0231. The predicted octanol–water partition coefficient (Wildman–Crippen LogP) is 1.41. The molecule has 0 bridgehead atoms. The zero-order chi connectivity index (χ0) is 7.56. The van der Waals surface area contributed by atoms with E-state index in [1.54, 1.807) is 18.2 Å². The molecule has 0 heterocycles. The molecule has 0 spiro atoms. The van der Waals surface area contributed by atoms with Gasteiger partial charge in [-0.15, -0.1) is 0 Å². The average Bonchev–Trinajstić information content (AvgIpc) is 1.85. The van der Waals surface area contributed by atoms with Crippen molar-refractivity contribution in [2.24, 2.45) is 0 Å². The van der Waals surface area contributed by atoms with Crippen LogP contribution in [-0.4, -0.2) is 5.11 Å². The third kappa shape index (κ3) is 1.62. The molecule has 0 atom stereocenters. The van der Waals surface area contributed by atoms with Crippen LogP contribution in [0.15, 0.2) is 18.2 Å². The Kier molecular flexibility index (Phi) is 2.14. The topological polar surface area (TPSA) is 46.2 Å². The zero-order valence-corrected chi connectivity index (χ0v) is 6.10. The van der Waals surface area contributed by atoms with Crippen LogP contribution in [0.3, 0.4) is 0 Å². The predicted molar refractivity (Wildman–Crippen MR) is 41.8 cm³/mol. The summed E-state index contributed by atoms with van der Waals surface area (Å²) in [5.41, 5.74) is 6.76. The number of halogens is 1. The summed E-state index contributed by atoms with van der Waals surface area (Å²) >= 11 is 5.64. The van der Waals surface area contributed by atoms with Gasteiger partial charge in [0.05, 0.1) is 6.61 Å². The maximum Gasteiger partial charge on any atom is 0.0683 e. The summed E-state index contributed by atoms with van der Waals surface area (Å²) in [6, 6.07) is 5.00. The highest BCUT2D eigenvalue weighted by Gasteiger charge is 1.94. The molecule has 0 saturated heterocycles. The van der Waals surface area contributed by atoms with E-state index < -0.39 is 0 Å². The molecule has 0 radical (unpaired) electrons. The van der Waals surface area contributed by atoms with Gasteiger partial charge in [0.2, 0.25) is 0 Å². The van der Waals surface area contributed by atoms with Gasteiger partial charge in [-0.1, -0.05) is 11.6 Å². The number of hydrogen-bond acceptors (Lipinski definition) is 2. The molecule has 1 aromatic carbocycles. The minimum atomic E-state index is -0.0231.